The van der Waals surface area contributed by atoms with Gasteiger partial charge in [-0.05, 0) is 86.7 Å². The molecule has 1 heterocycles. The van der Waals surface area contributed by atoms with Crippen molar-refractivity contribution in [2.75, 3.05) is 25.1 Å². The molecule has 0 bridgehead atoms. The molecular formula is C24H31ClN2O2. The lowest BCUT2D eigenvalue weighted by Gasteiger charge is -2.39. The fraction of sp³-hybridized carbons (Fsp3) is 0.458. The van der Waals surface area contributed by atoms with Crippen LogP contribution in [0.15, 0.2) is 48.5 Å². The Morgan fingerprint density at radius 2 is 1.79 bits per heavy atom. The van der Waals surface area contributed by atoms with E-state index in [0.29, 0.717) is 12.3 Å². The molecule has 0 spiro atoms. The molecule has 156 valence electrons. The molecule has 29 heavy (non-hydrogen) atoms. The van der Waals surface area contributed by atoms with Crippen molar-refractivity contribution in [2.24, 2.45) is 5.92 Å². The van der Waals surface area contributed by atoms with Crippen LogP contribution in [0.2, 0.25) is 5.02 Å². The molecule has 1 atom stereocenters. The Morgan fingerprint density at radius 1 is 1.14 bits per heavy atom. The van der Waals surface area contributed by atoms with E-state index in [4.69, 9.17) is 16.3 Å². The van der Waals surface area contributed by atoms with Gasteiger partial charge < -0.3 is 15.0 Å². The lowest BCUT2D eigenvalue weighted by molar-refractivity contribution is -0.119. The summed E-state index contributed by atoms with van der Waals surface area (Å²) in [6, 6.07) is 16.1. The molecule has 2 aromatic rings. The first-order valence-corrected chi connectivity index (χ1v) is 10.9. The molecule has 0 radical (unpaired) electrons. The van der Waals surface area contributed by atoms with E-state index in [2.05, 4.69) is 17.4 Å². The van der Waals surface area contributed by atoms with Gasteiger partial charge in [-0.3, -0.25) is 4.79 Å². The molecule has 1 unspecified atom stereocenters. The number of hydrogen-bond donors (Lipinski definition) is 1. The lowest BCUT2D eigenvalue weighted by atomic mass is 9.85. The summed E-state index contributed by atoms with van der Waals surface area (Å²) < 4.78 is 5.31. The van der Waals surface area contributed by atoms with Crippen molar-refractivity contribution in [1.82, 2.24) is 5.32 Å². The number of halogens is 1. The second-order valence-corrected chi connectivity index (χ2v) is 8.07. The van der Waals surface area contributed by atoms with Gasteiger partial charge in [0.1, 0.15) is 5.75 Å². The molecule has 4 nitrogen and oxygen atoms in total. The Labute approximate surface area is 179 Å². The van der Waals surface area contributed by atoms with Crippen LogP contribution in [-0.2, 0) is 11.2 Å². The number of nitrogens with one attached hydrogen (secondary N) is 1. The summed E-state index contributed by atoms with van der Waals surface area (Å²) in [5.41, 5.74) is 2.21. The zero-order chi connectivity index (χ0) is 20.6. The Balaban J connectivity index is 1.88. The third-order valence-electron chi connectivity index (χ3n) is 5.82. The average Bonchev–Trinajstić information content (AvgIpc) is 2.78. The molecule has 2 aromatic carbocycles. The van der Waals surface area contributed by atoms with E-state index in [9.17, 15) is 4.79 Å². The zero-order valence-corrected chi connectivity index (χ0v) is 18.1. The number of nitrogens with zero attached hydrogens (tertiary/aromatic N) is 1. The predicted molar refractivity (Wildman–Crippen MR) is 120 cm³/mol. The van der Waals surface area contributed by atoms with Gasteiger partial charge in [-0.15, -0.1) is 0 Å². The van der Waals surface area contributed by atoms with Gasteiger partial charge in [0, 0.05) is 23.2 Å². The number of methoxy groups -OCH3 is 1. The highest BCUT2D eigenvalue weighted by molar-refractivity contribution is 6.30. The first-order chi connectivity index (χ1) is 14.1. The number of amides is 1. The first kappa shape index (κ1) is 21.7. The summed E-state index contributed by atoms with van der Waals surface area (Å²) in [4.78, 5) is 15.1. The normalized spacial score (nSPS) is 15.7. The zero-order valence-electron chi connectivity index (χ0n) is 17.4. The molecule has 0 aromatic heterocycles. The third kappa shape index (κ3) is 5.74. The van der Waals surface area contributed by atoms with Crippen LogP contribution in [0.25, 0.3) is 0 Å². The predicted octanol–water partition coefficient (Wildman–Crippen LogP) is 5.09. The number of hydrogen-bond acceptors (Lipinski definition) is 3. The van der Waals surface area contributed by atoms with E-state index in [0.717, 1.165) is 55.2 Å². The van der Waals surface area contributed by atoms with Crippen molar-refractivity contribution in [2.45, 2.75) is 45.1 Å². The molecule has 1 aliphatic heterocycles. The molecule has 3 rings (SSSR count). The van der Waals surface area contributed by atoms with Crippen molar-refractivity contribution < 1.29 is 9.53 Å². The molecule has 1 amide bonds. The largest absolute Gasteiger partial charge is 0.497 e. The van der Waals surface area contributed by atoms with Crippen LogP contribution in [-0.4, -0.2) is 32.1 Å². The minimum absolute atomic E-state index is 0.175. The molecule has 0 saturated carbocycles. The first-order valence-electron chi connectivity index (χ1n) is 10.5. The van der Waals surface area contributed by atoms with Crippen molar-refractivity contribution in [3.8, 4) is 5.75 Å². The SMILES string of the molecule is CCC(=O)N(c1ccc(OC)cc1)C(CCc1ccc(Cl)cc1)C1CCNCC1. The molecule has 1 saturated heterocycles. The quantitative estimate of drug-likeness (QED) is 0.653. The maximum absolute atomic E-state index is 13.1. The number of carbonyl (C=O) groups is 1. The van der Waals surface area contributed by atoms with E-state index in [-0.39, 0.29) is 11.9 Å². The van der Waals surface area contributed by atoms with Crippen LogP contribution in [0.4, 0.5) is 5.69 Å². The Hall–Kier alpha value is -2.04. The number of ether oxygens (including phenoxy) is 1. The Kier molecular flexibility index (Phi) is 7.96. The number of carbonyl (C=O) groups excluding carboxylic acids is 1. The number of rotatable bonds is 8. The van der Waals surface area contributed by atoms with E-state index < -0.39 is 0 Å². The summed E-state index contributed by atoms with van der Waals surface area (Å²) in [7, 11) is 1.66. The van der Waals surface area contributed by atoms with E-state index in [1.54, 1.807) is 7.11 Å². The number of anilines is 1. The molecule has 1 aliphatic rings. The van der Waals surface area contributed by atoms with E-state index in [1.165, 1.54) is 5.56 Å². The van der Waals surface area contributed by atoms with Crippen molar-refractivity contribution in [3.05, 3.63) is 59.1 Å². The maximum Gasteiger partial charge on any atom is 0.226 e. The fourth-order valence-electron chi connectivity index (χ4n) is 4.20. The van der Waals surface area contributed by atoms with Crippen LogP contribution < -0.4 is 15.0 Å². The summed E-state index contributed by atoms with van der Waals surface area (Å²) in [6.45, 7) is 3.97. The van der Waals surface area contributed by atoms with Crippen LogP contribution >= 0.6 is 11.6 Å². The van der Waals surface area contributed by atoms with Crippen LogP contribution in [0.3, 0.4) is 0 Å². The smallest absolute Gasteiger partial charge is 0.226 e. The summed E-state index contributed by atoms with van der Waals surface area (Å²) in [5, 5.41) is 4.21. The standard InChI is InChI=1S/C24H31ClN2O2/c1-3-24(28)27(21-9-11-22(29-2)12-10-21)23(19-14-16-26-17-15-19)13-6-18-4-7-20(25)8-5-18/h4-5,7-12,19,23,26H,3,6,13-17H2,1-2H3. The maximum atomic E-state index is 13.1. The van der Waals surface area contributed by atoms with Gasteiger partial charge in [0.25, 0.3) is 0 Å². The van der Waals surface area contributed by atoms with Crippen LogP contribution in [0.5, 0.6) is 5.75 Å². The van der Waals surface area contributed by atoms with Gasteiger partial charge in [0.05, 0.1) is 7.11 Å². The molecule has 5 heteroatoms. The molecule has 0 aliphatic carbocycles. The molecular weight excluding hydrogens is 384 g/mol. The van der Waals surface area contributed by atoms with Gasteiger partial charge >= 0.3 is 0 Å². The molecule has 1 N–H and O–H groups in total. The number of aryl methyl sites for hydroxylation is 1. The minimum atomic E-state index is 0.175. The van der Waals surface area contributed by atoms with Gasteiger partial charge in [-0.2, -0.15) is 0 Å². The Morgan fingerprint density at radius 3 is 2.38 bits per heavy atom. The second-order valence-electron chi connectivity index (χ2n) is 7.64. The van der Waals surface area contributed by atoms with E-state index in [1.807, 2.05) is 48.2 Å². The number of piperidine rings is 1. The summed E-state index contributed by atoms with van der Waals surface area (Å²) in [5.74, 6) is 1.47. The van der Waals surface area contributed by atoms with Gasteiger partial charge in [-0.25, -0.2) is 0 Å². The summed E-state index contributed by atoms with van der Waals surface area (Å²) >= 11 is 6.04. The van der Waals surface area contributed by atoms with Crippen molar-refractivity contribution >= 4 is 23.2 Å². The Bertz CT molecular complexity index is 770. The monoisotopic (exact) mass is 414 g/mol. The topological polar surface area (TPSA) is 41.6 Å². The highest BCUT2D eigenvalue weighted by atomic mass is 35.5. The van der Waals surface area contributed by atoms with Crippen molar-refractivity contribution in [3.63, 3.8) is 0 Å². The van der Waals surface area contributed by atoms with Crippen LogP contribution in [0.1, 0.15) is 38.2 Å². The second kappa shape index (κ2) is 10.7. The fourth-order valence-corrected chi connectivity index (χ4v) is 4.33. The van der Waals surface area contributed by atoms with E-state index >= 15 is 0 Å². The molecule has 1 fully saturated rings. The highest BCUT2D eigenvalue weighted by Crippen LogP contribution is 2.31. The summed E-state index contributed by atoms with van der Waals surface area (Å²) in [6.07, 6.45) is 4.54. The minimum Gasteiger partial charge on any atom is -0.497 e. The van der Waals surface area contributed by atoms with Crippen LogP contribution in [0, 0.1) is 5.92 Å². The highest BCUT2D eigenvalue weighted by Gasteiger charge is 2.32. The number of benzene rings is 2. The lowest BCUT2D eigenvalue weighted by Crippen LogP contribution is -2.48. The van der Waals surface area contributed by atoms with Gasteiger partial charge in [0.2, 0.25) is 5.91 Å². The third-order valence-corrected chi connectivity index (χ3v) is 6.08. The van der Waals surface area contributed by atoms with Crippen molar-refractivity contribution in [1.29, 1.82) is 0 Å². The van der Waals surface area contributed by atoms with Gasteiger partial charge in [-0.1, -0.05) is 30.7 Å². The van der Waals surface area contributed by atoms with Gasteiger partial charge in [0.15, 0.2) is 0 Å². The average molecular weight is 415 g/mol.